The highest BCUT2D eigenvalue weighted by Crippen LogP contribution is 2.41. The highest BCUT2D eigenvalue weighted by atomic mass is 16.5. The number of carbonyl (C=O) groups excluding carboxylic acids is 1. The zero-order valence-electron chi connectivity index (χ0n) is 18.5. The molecule has 2 fully saturated rings. The fourth-order valence-corrected chi connectivity index (χ4v) is 5.22. The third-order valence-corrected chi connectivity index (χ3v) is 6.89. The number of amides is 1. The van der Waals surface area contributed by atoms with Crippen molar-refractivity contribution < 1.29 is 9.53 Å². The average molecular weight is 422 g/mol. The number of rotatable bonds is 4. The average Bonchev–Trinajstić information content (AvgIpc) is 3.16. The van der Waals surface area contributed by atoms with Crippen molar-refractivity contribution in [1.82, 2.24) is 14.9 Å². The Morgan fingerprint density at radius 3 is 2.71 bits per heavy atom. The third-order valence-electron chi connectivity index (χ3n) is 6.89. The van der Waals surface area contributed by atoms with E-state index >= 15 is 0 Å². The van der Waals surface area contributed by atoms with Crippen LogP contribution in [0.5, 0.6) is 0 Å². The van der Waals surface area contributed by atoms with Crippen LogP contribution in [-0.4, -0.2) is 67.7 Å². The van der Waals surface area contributed by atoms with Gasteiger partial charge in [-0.1, -0.05) is 18.2 Å². The van der Waals surface area contributed by atoms with Gasteiger partial charge in [0, 0.05) is 58.6 Å². The number of aromatic nitrogens is 2. The topological polar surface area (TPSA) is 61.8 Å². The standard InChI is InChI=1S/C24H31N5O2/c1-27(2)23-25-15-19-8-13-31-24(22(19)26-23)9-11-28(12-10-24)16-18-14-21(30)29(17-18)20-6-4-3-5-7-20/h3-7,15,18H,8-14,16-17H2,1-2H3. The highest BCUT2D eigenvalue weighted by Gasteiger charge is 2.43. The van der Waals surface area contributed by atoms with Crippen molar-refractivity contribution in [3.8, 4) is 0 Å². The summed E-state index contributed by atoms with van der Waals surface area (Å²) in [6.07, 6.45) is 5.37. The van der Waals surface area contributed by atoms with E-state index in [1.54, 1.807) is 0 Å². The minimum Gasteiger partial charge on any atom is -0.368 e. The van der Waals surface area contributed by atoms with Crippen LogP contribution in [0.4, 0.5) is 11.6 Å². The van der Waals surface area contributed by atoms with Gasteiger partial charge in [-0.2, -0.15) is 0 Å². The number of para-hydroxylation sites is 1. The summed E-state index contributed by atoms with van der Waals surface area (Å²) < 4.78 is 6.38. The Labute approximate surface area is 184 Å². The Kier molecular flexibility index (Phi) is 5.40. The first kappa shape index (κ1) is 20.4. The van der Waals surface area contributed by atoms with Crippen molar-refractivity contribution in [2.24, 2.45) is 5.92 Å². The smallest absolute Gasteiger partial charge is 0.227 e. The maximum Gasteiger partial charge on any atom is 0.227 e. The van der Waals surface area contributed by atoms with Crippen molar-refractivity contribution in [3.05, 3.63) is 47.8 Å². The Balaban J connectivity index is 1.24. The maximum absolute atomic E-state index is 12.6. The summed E-state index contributed by atoms with van der Waals surface area (Å²) in [4.78, 5) is 28.4. The minimum absolute atomic E-state index is 0.238. The molecule has 2 aromatic rings. The molecule has 7 nitrogen and oxygen atoms in total. The molecule has 4 heterocycles. The second-order valence-corrected chi connectivity index (χ2v) is 9.24. The van der Waals surface area contributed by atoms with Crippen LogP contribution in [0.15, 0.2) is 36.5 Å². The van der Waals surface area contributed by atoms with Gasteiger partial charge in [0.1, 0.15) is 5.60 Å². The molecule has 3 aliphatic rings. The normalized spacial score (nSPS) is 23.2. The number of benzene rings is 1. The lowest BCUT2D eigenvalue weighted by atomic mass is 9.83. The summed E-state index contributed by atoms with van der Waals surface area (Å²) in [6, 6.07) is 10.0. The summed E-state index contributed by atoms with van der Waals surface area (Å²) in [7, 11) is 3.95. The van der Waals surface area contributed by atoms with Gasteiger partial charge >= 0.3 is 0 Å². The highest BCUT2D eigenvalue weighted by molar-refractivity contribution is 5.95. The van der Waals surface area contributed by atoms with Crippen LogP contribution in [0.1, 0.15) is 30.5 Å². The molecule has 0 aliphatic carbocycles. The number of ether oxygens (including phenoxy) is 1. The zero-order chi connectivity index (χ0) is 21.4. The molecule has 5 rings (SSSR count). The molecule has 0 radical (unpaired) electrons. The van der Waals surface area contributed by atoms with Gasteiger partial charge in [0.15, 0.2) is 0 Å². The Bertz CT molecular complexity index is 940. The molecule has 1 amide bonds. The molecule has 1 spiro atoms. The summed E-state index contributed by atoms with van der Waals surface area (Å²) >= 11 is 0. The first-order valence-corrected chi connectivity index (χ1v) is 11.3. The Morgan fingerprint density at radius 1 is 1.19 bits per heavy atom. The predicted octanol–water partition coefficient (Wildman–Crippen LogP) is 2.46. The molecule has 0 bridgehead atoms. The van der Waals surface area contributed by atoms with Crippen molar-refractivity contribution in [1.29, 1.82) is 0 Å². The Hall–Kier alpha value is -2.51. The second kappa shape index (κ2) is 8.20. The van der Waals surface area contributed by atoms with Gasteiger partial charge in [0.25, 0.3) is 0 Å². The summed E-state index contributed by atoms with van der Waals surface area (Å²) in [5.41, 5.74) is 3.03. The number of likely N-dealkylation sites (tertiary alicyclic amines) is 1. The number of anilines is 2. The Morgan fingerprint density at radius 2 is 1.97 bits per heavy atom. The molecule has 164 valence electrons. The maximum atomic E-state index is 12.6. The molecule has 1 unspecified atom stereocenters. The summed E-state index contributed by atoms with van der Waals surface area (Å²) in [5, 5.41) is 0. The first-order chi connectivity index (χ1) is 15.0. The molecule has 0 N–H and O–H groups in total. The van der Waals surface area contributed by atoms with E-state index < -0.39 is 0 Å². The third kappa shape index (κ3) is 3.92. The van der Waals surface area contributed by atoms with E-state index in [4.69, 9.17) is 9.72 Å². The number of fused-ring (bicyclic) bond motifs is 2. The monoisotopic (exact) mass is 421 g/mol. The number of nitrogens with zero attached hydrogens (tertiary/aromatic N) is 5. The fraction of sp³-hybridized carbons (Fsp3) is 0.542. The van der Waals surface area contributed by atoms with Gasteiger partial charge < -0.3 is 19.4 Å². The molecular formula is C24H31N5O2. The van der Waals surface area contributed by atoms with Crippen LogP contribution in [0, 0.1) is 5.92 Å². The summed E-state index contributed by atoms with van der Waals surface area (Å²) in [6.45, 7) is 4.45. The van der Waals surface area contributed by atoms with E-state index in [-0.39, 0.29) is 11.5 Å². The largest absolute Gasteiger partial charge is 0.368 e. The van der Waals surface area contributed by atoms with Gasteiger partial charge in [-0.15, -0.1) is 0 Å². The van der Waals surface area contributed by atoms with Crippen LogP contribution in [0.3, 0.4) is 0 Å². The number of hydrogen-bond donors (Lipinski definition) is 0. The molecule has 3 aliphatic heterocycles. The lowest BCUT2D eigenvalue weighted by Gasteiger charge is -2.44. The number of piperidine rings is 1. The van der Waals surface area contributed by atoms with Crippen LogP contribution < -0.4 is 9.80 Å². The molecule has 1 aromatic carbocycles. The van der Waals surface area contributed by atoms with Crippen molar-refractivity contribution in [2.45, 2.75) is 31.3 Å². The van der Waals surface area contributed by atoms with Gasteiger partial charge in [-0.05, 0) is 42.9 Å². The number of carbonyl (C=O) groups is 1. The zero-order valence-corrected chi connectivity index (χ0v) is 18.5. The molecule has 0 saturated carbocycles. The van der Waals surface area contributed by atoms with E-state index in [2.05, 4.69) is 9.88 Å². The lowest BCUT2D eigenvalue weighted by molar-refractivity contribution is -0.117. The summed E-state index contributed by atoms with van der Waals surface area (Å²) in [5.74, 6) is 1.36. The van der Waals surface area contributed by atoms with Gasteiger partial charge in [0.05, 0.1) is 12.3 Å². The minimum atomic E-state index is -0.292. The number of hydrogen-bond acceptors (Lipinski definition) is 6. The van der Waals surface area contributed by atoms with E-state index in [1.807, 2.05) is 60.4 Å². The van der Waals surface area contributed by atoms with Crippen molar-refractivity contribution >= 4 is 17.5 Å². The van der Waals surface area contributed by atoms with Crippen LogP contribution in [0.25, 0.3) is 0 Å². The molecule has 1 aromatic heterocycles. The van der Waals surface area contributed by atoms with Crippen molar-refractivity contribution in [3.63, 3.8) is 0 Å². The molecule has 7 heteroatoms. The molecule has 2 saturated heterocycles. The van der Waals surface area contributed by atoms with Crippen LogP contribution >= 0.6 is 0 Å². The van der Waals surface area contributed by atoms with E-state index in [0.717, 1.165) is 69.4 Å². The lowest BCUT2D eigenvalue weighted by Crippen LogP contribution is -2.48. The van der Waals surface area contributed by atoms with Gasteiger partial charge in [-0.25, -0.2) is 9.97 Å². The predicted molar refractivity (Wildman–Crippen MR) is 120 cm³/mol. The van der Waals surface area contributed by atoms with E-state index in [1.165, 1.54) is 5.56 Å². The molecular weight excluding hydrogens is 390 g/mol. The van der Waals surface area contributed by atoms with Crippen LogP contribution in [0.2, 0.25) is 0 Å². The molecule has 31 heavy (non-hydrogen) atoms. The van der Waals surface area contributed by atoms with Crippen LogP contribution in [-0.2, 0) is 21.6 Å². The SMILES string of the molecule is CN(C)c1ncc2c(n1)C1(CCN(CC3CC(=O)N(c4ccccc4)C3)CC1)OCC2. The molecule has 1 atom stereocenters. The fourth-order valence-electron chi connectivity index (χ4n) is 5.22. The first-order valence-electron chi connectivity index (χ1n) is 11.3. The van der Waals surface area contributed by atoms with E-state index in [9.17, 15) is 4.79 Å². The second-order valence-electron chi connectivity index (χ2n) is 9.24. The van der Waals surface area contributed by atoms with Crippen molar-refractivity contribution in [2.75, 3.05) is 56.7 Å². The van der Waals surface area contributed by atoms with Gasteiger partial charge in [-0.3, -0.25) is 4.79 Å². The van der Waals surface area contributed by atoms with E-state index in [0.29, 0.717) is 12.3 Å². The quantitative estimate of drug-likeness (QED) is 0.756. The van der Waals surface area contributed by atoms with Gasteiger partial charge in [0.2, 0.25) is 11.9 Å².